The van der Waals surface area contributed by atoms with E-state index >= 15 is 0 Å². The number of nitrogens with zero attached hydrogens (tertiary/aromatic N) is 1. The molecule has 6 heteroatoms. The molecule has 1 unspecified atom stereocenters. The van der Waals surface area contributed by atoms with E-state index in [9.17, 15) is 9.59 Å². The minimum atomic E-state index is -0.106. The highest BCUT2D eigenvalue weighted by atomic mass is 35.5. The van der Waals surface area contributed by atoms with Crippen molar-refractivity contribution in [3.8, 4) is 0 Å². The highest BCUT2D eigenvalue weighted by Crippen LogP contribution is 2.28. The van der Waals surface area contributed by atoms with Crippen LogP contribution in [0.5, 0.6) is 0 Å². The number of amides is 2. The first-order valence-electron chi connectivity index (χ1n) is 8.57. The normalized spacial score (nSPS) is 16.8. The van der Waals surface area contributed by atoms with Gasteiger partial charge >= 0.3 is 0 Å². The van der Waals surface area contributed by atoms with Crippen LogP contribution in [0, 0.1) is 0 Å². The highest BCUT2D eigenvalue weighted by molar-refractivity contribution is 6.35. The third kappa shape index (κ3) is 4.77. The number of hydrogen-bond donors (Lipinski definition) is 1. The van der Waals surface area contributed by atoms with Gasteiger partial charge in [0.25, 0.3) is 0 Å². The molecule has 4 nitrogen and oxygen atoms in total. The molecular formula is C20H20Cl2N2O2. The minimum Gasteiger partial charge on any atom is -0.352 e. The van der Waals surface area contributed by atoms with Crippen LogP contribution in [0.2, 0.25) is 10.0 Å². The second-order valence-electron chi connectivity index (χ2n) is 6.42. The Morgan fingerprint density at radius 2 is 1.92 bits per heavy atom. The van der Waals surface area contributed by atoms with Gasteiger partial charge in [-0.2, -0.15) is 0 Å². The molecule has 2 aromatic carbocycles. The predicted octanol–water partition coefficient (Wildman–Crippen LogP) is 4.19. The molecule has 1 fully saturated rings. The van der Waals surface area contributed by atoms with Gasteiger partial charge in [0.05, 0.1) is 0 Å². The number of carbonyl (C=O) groups is 2. The molecule has 1 heterocycles. The van der Waals surface area contributed by atoms with Crippen LogP contribution in [0.25, 0.3) is 0 Å². The quantitative estimate of drug-likeness (QED) is 0.803. The van der Waals surface area contributed by atoms with E-state index in [4.69, 9.17) is 23.2 Å². The van der Waals surface area contributed by atoms with Crippen molar-refractivity contribution in [3.05, 3.63) is 69.7 Å². The fourth-order valence-electron chi connectivity index (χ4n) is 3.14. The van der Waals surface area contributed by atoms with Crippen molar-refractivity contribution in [2.75, 3.05) is 0 Å². The molecule has 0 bridgehead atoms. The van der Waals surface area contributed by atoms with Crippen LogP contribution in [0.3, 0.4) is 0 Å². The summed E-state index contributed by atoms with van der Waals surface area (Å²) < 4.78 is 0. The summed E-state index contributed by atoms with van der Waals surface area (Å²) in [5.41, 5.74) is 1.88. The third-order valence-electron chi connectivity index (χ3n) is 4.56. The summed E-state index contributed by atoms with van der Waals surface area (Å²) in [5, 5.41) is 4.01. The smallest absolute Gasteiger partial charge is 0.223 e. The molecule has 0 aromatic heterocycles. The van der Waals surface area contributed by atoms with Crippen LogP contribution < -0.4 is 5.32 Å². The molecule has 1 aliphatic heterocycles. The molecule has 0 spiro atoms. The molecule has 136 valence electrons. The summed E-state index contributed by atoms with van der Waals surface area (Å²) in [6, 6.07) is 14.9. The van der Waals surface area contributed by atoms with E-state index in [1.54, 1.807) is 17.0 Å². The number of carbonyl (C=O) groups excluding carboxylic acids is 2. The number of likely N-dealkylation sites (tertiary alicyclic amines) is 1. The lowest BCUT2D eigenvalue weighted by atomic mass is 10.1. The summed E-state index contributed by atoms with van der Waals surface area (Å²) in [6.07, 6.45) is 1.44. The first-order chi connectivity index (χ1) is 12.5. The Kier molecular flexibility index (Phi) is 6.17. The fourth-order valence-corrected chi connectivity index (χ4v) is 3.61. The largest absolute Gasteiger partial charge is 0.352 e. The van der Waals surface area contributed by atoms with Crippen molar-refractivity contribution >= 4 is 35.0 Å². The SMILES string of the molecule is O=C(CC1CCC(=O)N1Cc1ccc(Cl)cc1Cl)NCc1ccccc1. The van der Waals surface area contributed by atoms with Crippen molar-refractivity contribution in [1.29, 1.82) is 0 Å². The van der Waals surface area contributed by atoms with Gasteiger partial charge in [0.2, 0.25) is 11.8 Å². The average molecular weight is 391 g/mol. The molecular weight excluding hydrogens is 371 g/mol. The van der Waals surface area contributed by atoms with Crippen LogP contribution >= 0.6 is 23.2 Å². The topological polar surface area (TPSA) is 49.4 Å². The monoisotopic (exact) mass is 390 g/mol. The van der Waals surface area contributed by atoms with Gasteiger partial charge in [-0.25, -0.2) is 0 Å². The van der Waals surface area contributed by atoms with Gasteiger partial charge in [-0.05, 0) is 29.7 Å². The molecule has 1 aliphatic rings. The lowest BCUT2D eigenvalue weighted by Crippen LogP contribution is -2.37. The number of rotatable bonds is 6. The molecule has 0 aliphatic carbocycles. The number of hydrogen-bond acceptors (Lipinski definition) is 2. The summed E-state index contributed by atoms with van der Waals surface area (Å²) in [6.45, 7) is 0.884. The van der Waals surface area contributed by atoms with Gasteiger partial charge in [0, 0.05) is 42.0 Å². The van der Waals surface area contributed by atoms with Crippen molar-refractivity contribution in [2.45, 2.75) is 38.4 Å². The summed E-state index contributed by atoms with van der Waals surface area (Å²) in [7, 11) is 0. The van der Waals surface area contributed by atoms with Crippen molar-refractivity contribution < 1.29 is 9.59 Å². The van der Waals surface area contributed by atoms with E-state index in [2.05, 4.69) is 5.32 Å². The average Bonchev–Trinajstić information content (AvgIpc) is 2.96. The van der Waals surface area contributed by atoms with Gasteiger partial charge < -0.3 is 10.2 Å². The lowest BCUT2D eigenvalue weighted by molar-refractivity contribution is -0.130. The molecule has 0 radical (unpaired) electrons. The zero-order valence-corrected chi connectivity index (χ0v) is 15.8. The van der Waals surface area contributed by atoms with E-state index in [1.165, 1.54) is 0 Å². The highest BCUT2D eigenvalue weighted by Gasteiger charge is 2.32. The molecule has 2 aromatic rings. The maximum Gasteiger partial charge on any atom is 0.223 e. The maximum atomic E-state index is 12.3. The zero-order valence-electron chi connectivity index (χ0n) is 14.3. The standard InChI is InChI=1S/C20H20Cl2N2O2/c21-16-7-6-15(18(22)10-16)13-24-17(8-9-20(24)26)11-19(25)23-12-14-4-2-1-3-5-14/h1-7,10,17H,8-9,11-13H2,(H,23,25). The van der Waals surface area contributed by atoms with Crippen molar-refractivity contribution in [1.82, 2.24) is 10.2 Å². The maximum absolute atomic E-state index is 12.3. The summed E-state index contributed by atoms with van der Waals surface area (Å²) in [5.74, 6) is -0.00219. The van der Waals surface area contributed by atoms with Crippen LogP contribution in [0.15, 0.2) is 48.5 Å². The van der Waals surface area contributed by atoms with Gasteiger partial charge in [-0.3, -0.25) is 9.59 Å². The predicted molar refractivity (Wildman–Crippen MR) is 103 cm³/mol. The van der Waals surface area contributed by atoms with Gasteiger partial charge in [-0.15, -0.1) is 0 Å². The Morgan fingerprint density at radius 1 is 1.15 bits per heavy atom. The summed E-state index contributed by atoms with van der Waals surface area (Å²) in [4.78, 5) is 26.3. The van der Waals surface area contributed by atoms with Crippen molar-refractivity contribution in [3.63, 3.8) is 0 Å². The minimum absolute atomic E-state index is 0.0527. The Morgan fingerprint density at radius 3 is 2.65 bits per heavy atom. The second-order valence-corrected chi connectivity index (χ2v) is 7.26. The molecule has 3 rings (SSSR count). The van der Waals surface area contributed by atoms with Gasteiger partial charge in [0.1, 0.15) is 0 Å². The van der Waals surface area contributed by atoms with Crippen molar-refractivity contribution in [2.24, 2.45) is 0 Å². The lowest BCUT2D eigenvalue weighted by Gasteiger charge is -2.25. The van der Waals surface area contributed by atoms with E-state index < -0.39 is 0 Å². The Balaban J connectivity index is 1.59. The summed E-state index contributed by atoms with van der Waals surface area (Å²) >= 11 is 12.2. The number of nitrogens with one attached hydrogen (secondary N) is 1. The number of halogens is 2. The van der Waals surface area contributed by atoms with E-state index in [0.29, 0.717) is 42.4 Å². The van der Waals surface area contributed by atoms with Crippen LogP contribution in [0.1, 0.15) is 30.4 Å². The second kappa shape index (κ2) is 8.56. The first-order valence-corrected chi connectivity index (χ1v) is 9.32. The van der Waals surface area contributed by atoms with E-state index in [1.807, 2.05) is 36.4 Å². The van der Waals surface area contributed by atoms with Crippen LogP contribution in [-0.2, 0) is 22.7 Å². The molecule has 26 heavy (non-hydrogen) atoms. The van der Waals surface area contributed by atoms with Crippen LogP contribution in [-0.4, -0.2) is 22.8 Å². The molecule has 1 atom stereocenters. The van der Waals surface area contributed by atoms with Gasteiger partial charge in [-0.1, -0.05) is 59.6 Å². The fraction of sp³-hybridized carbons (Fsp3) is 0.300. The van der Waals surface area contributed by atoms with E-state index in [0.717, 1.165) is 11.1 Å². The first kappa shape index (κ1) is 18.7. The molecule has 2 amide bonds. The van der Waals surface area contributed by atoms with E-state index in [-0.39, 0.29) is 17.9 Å². The van der Waals surface area contributed by atoms with Crippen LogP contribution in [0.4, 0.5) is 0 Å². The van der Waals surface area contributed by atoms with Gasteiger partial charge in [0.15, 0.2) is 0 Å². The zero-order chi connectivity index (χ0) is 18.5. The Labute approximate surface area is 163 Å². The molecule has 0 saturated carbocycles. The number of benzene rings is 2. The molecule has 1 saturated heterocycles. The third-order valence-corrected chi connectivity index (χ3v) is 5.15. The Hall–Kier alpha value is -2.04. The molecule has 1 N–H and O–H groups in total. The Bertz CT molecular complexity index is 796.